The van der Waals surface area contributed by atoms with Crippen molar-refractivity contribution >= 4 is 11.6 Å². The molecule has 4 rings (SSSR count). The summed E-state index contributed by atoms with van der Waals surface area (Å²) in [5.41, 5.74) is 1.58. The van der Waals surface area contributed by atoms with Gasteiger partial charge in [0.1, 0.15) is 0 Å². The van der Waals surface area contributed by atoms with Gasteiger partial charge in [0, 0.05) is 0 Å². The third kappa shape index (κ3) is 0.710. The van der Waals surface area contributed by atoms with E-state index in [2.05, 4.69) is 18.2 Å². The molecule has 0 aromatic carbocycles. The van der Waals surface area contributed by atoms with Crippen molar-refractivity contribution in [2.24, 2.45) is 23.7 Å². The second kappa shape index (κ2) is 1.91. The van der Waals surface area contributed by atoms with Gasteiger partial charge in [-0.1, -0.05) is 18.2 Å². The molecular weight excluding hydrogens is 180 g/mol. The minimum Gasteiger partial charge on any atom is -0.114 e. The highest BCUT2D eigenvalue weighted by Crippen LogP contribution is 2.74. The summed E-state index contributed by atoms with van der Waals surface area (Å²) in [5, 5.41) is 0. The van der Waals surface area contributed by atoms with Crippen molar-refractivity contribution < 1.29 is 0 Å². The van der Waals surface area contributed by atoms with Crippen molar-refractivity contribution in [3.05, 3.63) is 23.8 Å². The summed E-state index contributed by atoms with van der Waals surface area (Å²) < 4.78 is 0. The zero-order chi connectivity index (χ0) is 8.63. The quantitative estimate of drug-likeness (QED) is 0.518. The summed E-state index contributed by atoms with van der Waals surface area (Å²) in [7, 11) is 0. The third-order valence-electron chi connectivity index (χ3n) is 4.55. The summed E-state index contributed by atoms with van der Waals surface area (Å²) in [6.45, 7) is 0. The SMILES string of the molecule is ClC12CC1C1CC1C1CC=CC=C12. The van der Waals surface area contributed by atoms with Crippen LogP contribution in [-0.4, -0.2) is 4.87 Å². The van der Waals surface area contributed by atoms with E-state index in [1.54, 1.807) is 5.57 Å². The van der Waals surface area contributed by atoms with Crippen molar-refractivity contribution in [2.45, 2.75) is 24.1 Å². The van der Waals surface area contributed by atoms with Crippen LogP contribution in [0.3, 0.4) is 0 Å². The number of allylic oxidation sites excluding steroid dienone is 4. The van der Waals surface area contributed by atoms with Crippen LogP contribution in [-0.2, 0) is 0 Å². The first-order valence-corrected chi connectivity index (χ1v) is 5.74. The molecule has 0 heterocycles. The summed E-state index contributed by atoms with van der Waals surface area (Å²) in [6.07, 6.45) is 10.8. The Morgan fingerprint density at radius 1 is 1.38 bits per heavy atom. The van der Waals surface area contributed by atoms with Crippen LogP contribution in [0, 0.1) is 23.7 Å². The summed E-state index contributed by atoms with van der Waals surface area (Å²) in [5.74, 6) is 3.70. The van der Waals surface area contributed by atoms with Crippen LogP contribution in [0.5, 0.6) is 0 Å². The Balaban J connectivity index is 1.85. The normalized spacial score (nSPS) is 60.2. The molecule has 0 bridgehead atoms. The van der Waals surface area contributed by atoms with Crippen LogP contribution in [0.2, 0.25) is 0 Å². The minimum absolute atomic E-state index is 0.132. The molecule has 0 saturated heterocycles. The summed E-state index contributed by atoms with van der Waals surface area (Å²) in [6, 6.07) is 0. The molecule has 0 radical (unpaired) electrons. The fourth-order valence-corrected chi connectivity index (χ4v) is 4.28. The van der Waals surface area contributed by atoms with Crippen LogP contribution >= 0.6 is 11.6 Å². The number of rotatable bonds is 0. The fourth-order valence-electron chi connectivity index (χ4n) is 3.74. The van der Waals surface area contributed by atoms with Crippen LogP contribution in [0.25, 0.3) is 0 Å². The number of halogens is 1. The predicted molar refractivity (Wildman–Crippen MR) is 53.6 cm³/mol. The third-order valence-corrected chi connectivity index (χ3v) is 5.20. The minimum atomic E-state index is 0.132. The molecule has 5 atom stereocenters. The Kier molecular flexibility index (Phi) is 1.04. The molecule has 3 saturated carbocycles. The zero-order valence-electron chi connectivity index (χ0n) is 7.54. The molecule has 0 aromatic heterocycles. The van der Waals surface area contributed by atoms with Crippen LogP contribution in [0.15, 0.2) is 23.8 Å². The van der Waals surface area contributed by atoms with Gasteiger partial charge in [-0.2, -0.15) is 0 Å². The Hall–Kier alpha value is -0.230. The monoisotopic (exact) mass is 192 g/mol. The van der Waals surface area contributed by atoms with Gasteiger partial charge in [0.25, 0.3) is 0 Å². The molecule has 4 aliphatic carbocycles. The molecule has 0 amide bonds. The molecule has 0 spiro atoms. The van der Waals surface area contributed by atoms with Gasteiger partial charge in [-0.25, -0.2) is 0 Å². The van der Waals surface area contributed by atoms with Gasteiger partial charge in [0.15, 0.2) is 0 Å². The fraction of sp³-hybridized carbons (Fsp3) is 0.667. The molecular formula is C12H13Cl. The van der Waals surface area contributed by atoms with Crippen molar-refractivity contribution in [1.29, 1.82) is 0 Å². The van der Waals surface area contributed by atoms with E-state index >= 15 is 0 Å². The molecule has 5 unspecified atom stereocenters. The van der Waals surface area contributed by atoms with Gasteiger partial charge >= 0.3 is 0 Å². The molecule has 13 heavy (non-hydrogen) atoms. The molecule has 0 N–H and O–H groups in total. The lowest BCUT2D eigenvalue weighted by molar-refractivity contribution is 0.421. The highest BCUT2D eigenvalue weighted by atomic mass is 35.5. The molecule has 1 heteroatoms. The lowest BCUT2D eigenvalue weighted by Gasteiger charge is -2.30. The van der Waals surface area contributed by atoms with E-state index in [1.165, 1.54) is 19.3 Å². The highest BCUT2D eigenvalue weighted by Gasteiger charge is 2.70. The lowest BCUT2D eigenvalue weighted by Crippen LogP contribution is -2.25. The van der Waals surface area contributed by atoms with E-state index in [4.69, 9.17) is 11.6 Å². The molecule has 68 valence electrons. The van der Waals surface area contributed by atoms with Crippen molar-refractivity contribution in [3.63, 3.8) is 0 Å². The van der Waals surface area contributed by atoms with Gasteiger partial charge in [0.2, 0.25) is 0 Å². The van der Waals surface area contributed by atoms with E-state index in [0.29, 0.717) is 0 Å². The molecule has 0 nitrogen and oxygen atoms in total. The van der Waals surface area contributed by atoms with Gasteiger partial charge in [0.05, 0.1) is 4.87 Å². The second-order valence-corrected chi connectivity index (χ2v) is 5.80. The average molecular weight is 193 g/mol. The van der Waals surface area contributed by atoms with Crippen LogP contribution < -0.4 is 0 Å². The van der Waals surface area contributed by atoms with E-state index in [0.717, 1.165) is 23.7 Å². The van der Waals surface area contributed by atoms with Gasteiger partial charge in [-0.15, -0.1) is 11.6 Å². The summed E-state index contributed by atoms with van der Waals surface area (Å²) in [4.78, 5) is 0.132. The first kappa shape index (κ1) is 7.11. The first-order valence-electron chi connectivity index (χ1n) is 5.37. The average Bonchev–Trinajstić information content (AvgIpc) is 2.97. The van der Waals surface area contributed by atoms with E-state index < -0.39 is 0 Å². The van der Waals surface area contributed by atoms with E-state index in [-0.39, 0.29) is 4.87 Å². The zero-order valence-corrected chi connectivity index (χ0v) is 8.30. The van der Waals surface area contributed by atoms with E-state index in [1.807, 2.05) is 0 Å². The Labute approximate surface area is 83.7 Å². The highest BCUT2D eigenvalue weighted by molar-refractivity contribution is 6.28. The lowest BCUT2D eigenvalue weighted by atomic mass is 9.79. The molecule has 0 aromatic rings. The Morgan fingerprint density at radius 3 is 3.23 bits per heavy atom. The van der Waals surface area contributed by atoms with Gasteiger partial charge in [-0.05, 0) is 48.5 Å². The van der Waals surface area contributed by atoms with Crippen LogP contribution in [0.4, 0.5) is 0 Å². The summed E-state index contributed by atoms with van der Waals surface area (Å²) >= 11 is 6.64. The maximum absolute atomic E-state index is 6.64. The number of hydrogen-bond acceptors (Lipinski definition) is 0. The maximum Gasteiger partial charge on any atom is 0.0696 e. The smallest absolute Gasteiger partial charge is 0.0696 e. The van der Waals surface area contributed by atoms with Crippen LogP contribution in [0.1, 0.15) is 19.3 Å². The molecule has 0 aliphatic heterocycles. The maximum atomic E-state index is 6.64. The first-order chi connectivity index (χ1) is 6.31. The largest absolute Gasteiger partial charge is 0.114 e. The number of hydrogen-bond donors (Lipinski definition) is 0. The number of alkyl halides is 1. The Bertz CT molecular complexity index is 341. The predicted octanol–water partition coefficient (Wildman–Crippen LogP) is 3.14. The molecule has 4 aliphatic rings. The second-order valence-electron chi connectivity index (χ2n) is 5.13. The van der Waals surface area contributed by atoms with Crippen molar-refractivity contribution in [2.75, 3.05) is 0 Å². The van der Waals surface area contributed by atoms with Gasteiger partial charge < -0.3 is 0 Å². The number of fused-ring (bicyclic) bond motifs is 6. The van der Waals surface area contributed by atoms with Crippen molar-refractivity contribution in [1.82, 2.24) is 0 Å². The van der Waals surface area contributed by atoms with E-state index in [9.17, 15) is 0 Å². The molecule has 3 fully saturated rings. The van der Waals surface area contributed by atoms with Gasteiger partial charge in [-0.3, -0.25) is 0 Å². The standard InChI is InChI=1S/C12H13Cl/c13-12-6-11(12)9-5-8(9)7-3-1-2-4-10(7)12/h1-2,4,7-9,11H,3,5-6H2. The van der Waals surface area contributed by atoms with Crippen molar-refractivity contribution in [3.8, 4) is 0 Å². The Morgan fingerprint density at radius 2 is 2.31 bits per heavy atom. The topological polar surface area (TPSA) is 0 Å².